The second-order valence-electron chi connectivity index (χ2n) is 6.69. The molecule has 14 heteroatoms. The van der Waals surface area contributed by atoms with Crippen molar-refractivity contribution < 1.29 is 42.5 Å². The maximum Gasteiger partial charge on any atom is 0.573 e. The van der Waals surface area contributed by atoms with Gasteiger partial charge in [0.05, 0.1) is 24.6 Å². The van der Waals surface area contributed by atoms with Crippen molar-refractivity contribution in [3.63, 3.8) is 0 Å². The predicted molar refractivity (Wildman–Crippen MR) is 99.7 cm³/mol. The highest BCUT2D eigenvalue weighted by atomic mass is 19.4. The summed E-state index contributed by atoms with van der Waals surface area (Å²) in [5, 5.41) is 32.6. The van der Waals surface area contributed by atoms with E-state index in [1.54, 1.807) is 0 Å². The van der Waals surface area contributed by atoms with Crippen molar-refractivity contribution in [3.05, 3.63) is 57.0 Å². The molecule has 0 radical (unpaired) electrons. The summed E-state index contributed by atoms with van der Waals surface area (Å²) >= 11 is 0. The predicted octanol–water partition coefficient (Wildman–Crippen LogP) is 0.305. The molecule has 2 heterocycles. The highest BCUT2D eigenvalue weighted by molar-refractivity contribution is 5.81. The molecule has 0 saturated carbocycles. The van der Waals surface area contributed by atoms with Crippen LogP contribution < -0.4 is 16.0 Å². The molecule has 3 aromatic rings. The molecule has 0 aliphatic heterocycles. The Bertz CT molecular complexity index is 1200. The molecular weight excluding hydrogens is 443 g/mol. The third kappa shape index (κ3) is 5.16. The third-order valence-electron chi connectivity index (χ3n) is 4.41. The summed E-state index contributed by atoms with van der Waals surface area (Å²) in [5.41, 5.74) is -1.81. The standard InChI is InChI=1S/C18H18F3N3O8/c1-9(26)14(8-25)30-17(29)23-5-4-15(27)24(16(23)28)7-12-11-6-10(31-18(19,20)21)2-3-13(11)32-22-12/h2-6,9,14,17,25-26,29H,7-8H2,1H3/t9-,14-,17+/m1/s1. The first kappa shape index (κ1) is 23.5. The van der Waals surface area contributed by atoms with Crippen LogP contribution in [-0.4, -0.2) is 54.8 Å². The largest absolute Gasteiger partial charge is 0.573 e. The first-order valence-corrected chi connectivity index (χ1v) is 9.08. The van der Waals surface area contributed by atoms with Crippen molar-refractivity contribution in [3.8, 4) is 5.75 Å². The van der Waals surface area contributed by atoms with Crippen LogP contribution in [0.1, 0.15) is 19.0 Å². The number of hydrogen-bond acceptors (Lipinski definition) is 9. The zero-order valence-corrected chi connectivity index (χ0v) is 16.4. The summed E-state index contributed by atoms with van der Waals surface area (Å²) in [6.45, 7) is 0.133. The van der Waals surface area contributed by atoms with E-state index in [-0.39, 0.29) is 16.7 Å². The molecule has 0 unspecified atom stereocenters. The topological polar surface area (TPSA) is 149 Å². The van der Waals surface area contributed by atoms with Crippen molar-refractivity contribution in [1.29, 1.82) is 0 Å². The molecule has 174 valence electrons. The Kier molecular flexibility index (Phi) is 6.68. The van der Waals surface area contributed by atoms with E-state index in [0.29, 0.717) is 9.13 Å². The van der Waals surface area contributed by atoms with Crippen molar-refractivity contribution in [2.45, 2.75) is 38.5 Å². The van der Waals surface area contributed by atoms with Crippen LogP contribution in [0.15, 0.2) is 44.6 Å². The molecule has 0 amide bonds. The van der Waals surface area contributed by atoms with E-state index in [0.717, 1.165) is 24.4 Å². The molecule has 3 atom stereocenters. The van der Waals surface area contributed by atoms with Crippen molar-refractivity contribution in [2.24, 2.45) is 0 Å². The molecule has 2 aromatic heterocycles. The van der Waals surface area contributed by atoms with Gasteiger partial charge in [0.2, 0.25) is 6.41 Å². The Labute approximate surface area is 176 Å². The molecule has 0 saturated heterocycles. The van der Waals surface area contributed by atoms with Crippen LogP contribution in [-0.2, 0) is 11.3 Å². The number of ether oxygens (including phenoxy) is 2. The molecule has 0 spiro atoms. The van der Waals surface area contributed by atoms with Gasteiger partial charge in [-0.1, -0.05) is 5.16 Å². The summed E-state index contributed by atoms with van der Waals surface area (Å²) in [5.74, 6) is -0.552. The van der Waals surface area contributed by atoms with Crippen LogP contribution in [0.5, 0.6) is 5.75 Å². The van der Waals surface area contributed by atoms with E-state index in [1.165, 1.54) is 13.0 Å². The molecular formula is C18H18F3N3O8. The van der Waals surface area contributed by atoms with Gasteiger partial charge in [-0.05, 0) is 25.1 Å². The minimum absolute atomic E-state index is 0.0443. The van der Waals surface area contributed by atoms with Crippen LogP contribution in [0.2, 0.25) is 0 Å². The summed E-state index contributed by atoms with van der Waals surface area (Å²) in [6.07, 6.45) is -8.33. The van der Waals surface area contributed by atoms with E-state index in [4.69, 9.17) is 9.26 Å². The lowest BCUT2D eigenvalue weighted by Gasteiger charge is -2.23. The summed E-state index contributed by atoms with van der Waals surface area (Å²) in [6, 6.07) is 4.12. The van der Waals surface area contributed by atoms with Gasteiger partial charge in [-0.15, -0.1) is 13.2 Å². The number of hydrogen-bond donors (Lipinski definition) is 3. The van der Waals surface area contributed by atoms with Crippen LogP contribution in [0, 0.1) is 0 Å². The zero-order chi connectivity index (χ0) is 23.6. The Balaban J connectivity index is 1.95. The van der Waals surface area contributed by atoms with E-state index < -0.39 is 55.1 Å². The highest BCUT2D eigenvalue weighted by Gasteiger charge is 2.31. The SMILES string of the molecule is C[C@@H](O)[C@@H](CO)O[C@H](O)n1ccc(=O)n(Cc2noc3ccc(OC(F)(F)F)cc23)c1=O. The number of rotatable bonds is 8. The molecule has 3 N–H and O–H groups in total. The number of fused-ring (bicyclic) bond motifs is 1. The first-order chi connectivity index (χ1) is 15.0. The number of halogens is 3. The van der Waals surface area contributed by atoms with Crippen LogP contribution >= 0.6 is 0 Å². The van der Waals surface area contributed by atoms with Crippen molar-refractivity contribution in [2.75, 3.05) is 6.61 Å². The van der Waals surface area contributed by atoms with Crippen molar-refractivity contribution in [1.82, 2.24) is 14.3 Å². The average Bonchev–Trinajstić information content (AvgIpc) is 3.09. The fraction of sp³-hybridized carbons (Fsp3) is 0.389. The number of benzene rings is 1. The van der Waals surface area contributed by atoms with Crippen LogP contribution in [0.25, 0.3) is 11.0 Å². The molecule has 0 fully saturated rings. The number of aromatic nitrogens is 3. The highest BCUT2D eigenvalue weighted by Crippen LogP contribution is 2.28. The normalized spacial score (nSPS) is 15.0. The van der Waals surface area contributed by atoms with E-state index in [9.17, 15) is 38.1 Å². The minimum Gasteiger partial charge on any atom is -0.406 e. The Hall–Kier alpha value is -3.20. The molecule has 0 bridgehead atoms. The molecule has 0 aliphatic rings. The van der Waals surface area contributed by atoms with Gasteiger partial charge in [-0.3, -0.25) is 13.9 Å². The number of alkyl halides is 3. The fourth-order valence-corrected chi connectivity index (χ4v) is 2.80. The van der Waals surface area contributed by atoms with Crippen molar-refractivity contribution >= 4 is 11.0 Å². The van der Waals surface area contributed by atoms with Gasteiger partial charge < -0.3 is 29.3 Å². The number of aliphatic hydroxyl groups is 3. The number of aliphatic hydroxyl groups excluding tert-OH is 3. The summed E-state index contributed by atoms with van der Waals surface area (Å²) in [4.78, 5) is 25.0. The smallest absolute Gasteiger partial charge is 0.406 e. The molecule has 1 aromatic carbocycles. The first-order valence-electron chi connectivity index (χ1n) is 9.08. The maximum atomic E-state index is 12.7. The summed E-state index contributed by atoms with van der Waals surface area (Å²) < 4.78 is 52.6. The van der Waals surface area contributed by atoms with Gasteiger partial charge >= 0.3 is 12.1 Å². The second kappa shape index (κ2) is 9.12. The van der Waals surface area contributed by atoms with Gasteiger partial charge in [0.15, 0.2) is 5.58 Å². The van der Waals surface area contributed by atoms with Crippen LogP contribution in [0.4, 0.5) is 13.2 Å². The van der Waals surface area contributed by atoms with Gasteiger partial charge in [-0.2, -0.15) is 0 Å². The van der Waals surface area contributed by atoms with Gasteiger partial charge in [0, 0.05) is 12.3 Å². The Morgan fingerprint density at radius 1 is 1.22 bits per heavy atom. The van der Waals surface area contributed by atoms with Crippen LogP contribution in [0.3, 0.4) is 0 Å². The summed E-state index contributed by atoms with van der Waals surface area (Å²) in [7, 11) is 0. The van der Waals surface area contributed by atoms with Gasteiger partial charge in [0.1, 0.15) is 17.5 Å². The molecule has 32 heavy (non-hydrogen) atoms. The lowest BCUT2D eigenvalue weighted by molar-refractivity contribution is -0.274. The van der Waals surface area contributed by atoms with Gasteiger partial charge in [-0.25, -0.2) is 4.79 Å². The number of nitrogens with zero attached hydrogens (tertiary/aromatic N) is 3. The maximum absolute atomic E-state index is 12.7. The van der Waals surface area contributed by atoms with E-state index in [1.807, 2.05) is 0 Å². The Morgan fingerprint density at radius 2 is 1.94 bits per heavy atom. The quantitative estimate of drug-likeness (QED) is 0.403. The Morgan fingerprint density at radius 3 is 2.56 bits per heavy atom. The second-order valence-corrected chi connectivity index (χ2v) is 6.69. The monoisotopic (exact) mass is 461 g/mol. The lowest BCUT2D eigenvalue weighted by atomic mass is 10.2. The minimum atomic E-state index is -4.93. The third-order valence-corrected chi connectivity index (χ3v) is 4.41. The molecule has 11 nitrogen and oxygen atoms in total. The molecule has 0 aliphatic carbocycles. The lowest BCUT2D eigenvalue weighted by Crippen LogP contribution is -2.43. The van der Waals surface area contributed by atoms with E-state index >= 15 is 0 Å². The zero-order valence-electron chi connectivity index (χ0n) is 16.4. The van der Waals surface area contributed by atoms with E-state index in [2.05, 4.69) is 9.89 Å². The fourth-order valence-electron chi connectivity index (χ4n) is 2.80. The van der Waals surface area contributed by atoms with Gasteiger partial charge in [0.25, 0.3) is 5.56 Å². The molecule has 3 rings (SSSR count). The average molecular weight is 461 g/mol.